The van der Waals surface area contributed by atoms with Crippen LogP contribution in [0.15, 0.2) is 0 Å². The zero-order valence-corrected chi connectivity index (χ0v) is 15.3. The van der Waals surface area contributed by atoms with Crippen LogP contribution >= 0.6 is 0 Å². The van der Waals surface area contributed by atoms with Crippen molar-refractivity contribution in [2.24, 2.45) is 16.2 Å². The molecule has 0 aliphatic rings. The monoisotopic (exact) mass is 386 g/mol. The molecule has 26 heavy (non-hydrogen) atoms. The predicted molar refractivity (Wildman–Crippen MR) is 90.4 cm³/mol. The molecule has 0 atom stereocenters. The second kappa shape index (κ2) is 12.9. The van der Waals surface area contributed by atoms with E-state index in [0.29, 0.717) is 0 Å². The second-order valence-corrected chi connectivity index (χ2v) is 7.03. The lowest BCUT2D eigenvalue weighted by molar-refractivity contribution is -0.129. The first-order chi connectivity index (χ1) is 12.4. The van der Waals surface area contributed by atoms with Crippen LogP contribution in [-0.4, -0.2) is 122 Å². The minimum Gasteiger partial charge on any atom is -0.396 e. The topological polar surface area (TPSA) is 169 Å². The summed E-state index contributed by atoms with van der Waals surface area (Å²) in [7, 11) is 1.43. The van der Waals surface area contributed by atoms with Gasteiger partial charge in [-0.25, -0.2) is 0 Å². The van der Waals surface area contributed by atoms with Crippen molar-refractivity contribution in [3.8, 4) is 0 Å². The van der Waals surface area contributed by atoms with Crippen molar-refractivity contribution in [3.63, 3.8) is 0 Å². The number of rotatable bonds is 17. The van der Waals surface area contributed by atoms with Gasteiger partial charge in [-0.3, -0.25) is 0 Å². The molecule has 0 aliphatic heterocycles. The lowest BCUT2D eigenvalue weighted by Crippen LogP contribution is -2.45. The van der Waals surface area contributed by atoms with E-state index in [-0.39, 0.29) is 46.2 Å². The van der Waals surface area contributed by atoms with E-state index in [1.54, 1.807) is 0 Å². The van der Waals surface area contributed by atoms with Crippen molar-refractivity contribution in [1.29, 1.82) is 0 Å². The van der Waals surface area contributed by atoms with Crippen LogP contribution in [0.3, 0.4) is 0 Å². The van der Waals surface area contributed by atoms with Gasteiger partial charge in [-0.1, -0.05) is 0 Å². The average Bonchev–Trinajstić information content (AvgIpc) is 2.69. The Morgan fingerprint density at radius 1 is 0.462 bits per heavy atom. The normalized spacial score (nSPS) is 13.4. The minimum atomic E-state index is -1.22. The standard InChI is InChI=1S/C16H34O10/c1-24-9-15(5-20,6-21)11-26-13-16(7-22,8-23)12-25-10-14(2-17,3-18)4-19/h17-23H,2-13H2,1H3. The molecule has 0 heterocycles. The fraction of sp³-hybridized carbons (Fsp3) is 1.00. The van der Waals surface area contributed by atoms with Gasteiger partial charge < -0.3 is 50.0 Å². The van der Waals surface area contributed by atoms with Crippen LogP contribution in [0, 0.1) is 16.2 Å². The number of methoxy groups -OCH3 is 1. The van der Waals surface area contributed by atoms with E-state index in [1.165, 1.54) is 7.11 Å². The maximum absolute atomic E-state index is 9.63. The third-order valence-electron chi connectivity index (χ3n) is 4.43. The molecule has 0 aromatic carbocycles. The molecule has 0 amide bonds. The van der Waals surface area contributed by atoms with Gasteiger partial charge >= 0.3 is 0 Å². The molecule has 158 valence electrons. The first-order valence-corrected chi connectivity index (χ1v) is 8.31. The van der Waals surface area contributed by atoms with Gasteiger partial charge in [0.15, 0.2) is 0 Å². The highest BCUT2D eigenvalue weighted by Crippen LogP contribution is 2.23. The Labute approximate surface area is 153 Å². The highest BCUT2D eigenvalue weighted by atomic mass is 16.5. The summed E-state index contributed by atoms with van der Waals surface area (Å²) in [6.45, 7) is -3.62. The Morgan fingerprint density at radius 2 is 0.731 bits per heavy atom. The first kappa shape index (κ1) is 25.6. The van der Waals surface area contributed by atoms with Gasteiger partial charge in [0.1, 0.15) is 0 Å². The van der Waals surface area contributed by atoms with Gasteiger partial charge in [0.05, 0.1) is 95.5 Å². The van der Waals surface area contributed by atoms with Crippen LogP contribution in [0.2, 0.25) is 0 Å². The van der Waals surface area contributed by atoms with Gasteiger partial charge in [0, 0.05) is 7.11 Å². The third-order valence-corrected chi connectivity index (χ3v) is 4.43. The highest BCUT2D eigenvalue weighted by molar-refractivity contribution is 4.82. The van der Waals surface area contributed by atoms with Crippen LogP contribution in [0.5, 0.6) is 0 Å². The maximum atomic E-state index is 9.63. The quantitative estimate of drug-likeness (QED) is 0.134. The lowest BCUT2D eigenvalue weighted by Gasteiger charge is -2.34. The highest BCUT2D eigenvalue weighted by Gasteiger charge is 2.35. The summed E-state index contributed by atoms with van der Waals surface area (Å²) in [5, 5.41) is 66.0. The summed E-state index contributed by atoms with van der Waals surface area (Å²) in [5.41, 5.74) is -3.40. The molecule has 0 rings (SSSR count). The SMILES string of the molecule is COCC(CO)(CO)COCC(CO)(CO)COCC(CO)(CO)CO. The van der Waals surface area contributed by atoms with Crippen LogP contribution in [0.4, 0.5) is 0 Å². The molecule has 0 bridgehead atoms. The zero-order valence-electron chi connectivity index (χ0n) is 15.3. The van der Waals surface area contributed by atoms with Gasteiger partial charge in [-0.05, 0) is 0 Å². The van der Waals surface area contributed by atoms with Gasteiger partial charge in [-0.15, -0.1) is 0 Å². The first-order valence-electron chi connectivity index (χ1n) is 8.31. The van der Waals surface area contributed by atoms with Crippen molar-refractivity contribution < 1.29 is 50.0 Å². The van der Waals surface area contributed by atoms with E-state index >= 15 is 0 Å². The molecule has 0 spiro atoms. The molecule has 0 saturated carbocycles. The van der Waals surface area contributed by atoms with Gasteiger partial charge in [0.25, 0.3) is 0 Å². The maximum Gasteiger partial charge on any atom is 0.0632 e. The molecule has 10 heteroatoms. The molecule has 10 nitrogen and oxygen atoms in total. The largest absolute Gasteiger partial charge is 0.396 e. The van der Waals surface area contributed by atoms with E-state index in [4.69, 9.17) is 14.2 Å². The summed E-state index contributed by atoms with van der Waals surface area (Å²) in [5.74, 6) is 0. The Balaban J connectivity index is 4.74. The van der Waals surface area contributed by atoms with Crippen molar-refractivity contribution in [2.75, 3.05) is 86.4 Å². The van der Waals surface area contributed by atoms with Crippen LogP contribution in [0.1, 0.15) is 0 Å². The van der Waals surface area contributed by atoms with Crippen LogP contribution in [-0.2, 0) is 14.2 Å². The van der Waals surface area contributed by atoms with E-state index in [2.05, 4.69) is 0 Å². The van der Waals surface area contributed by atoms with Crippen LogP contribution < -0.4 is 0 Å². The molecular weight excluding hydrogens is 352 g/mol. The summed E-state index contributed by atoms with van der Waals surface area (Å²) < 4.78 is 15.9. The van der Waals surface area contributed by atoms with E-state index in [9.17, 15) is 35.7 Å². The Kier molecular flexibility index (Phi) is 12.7. The summed E-state index contributed by atoms with van der Waals surface area (Å²) >= 11 is 0. The molecule has 0 unspecified atom stereocenters. The van der Waals surface area contributed by atoms with Crippen molar-refractivity contribution in [2.45, 2.75) is 0 Å². The fourth-order valence-electron chi connectivity index (χ4n) is 2.11. The third kappa shape index (κ3) is 7.31. The molecule has 0 radical (unpaired) electrons. The average molecular weight is 386 g/mol. The smallest absolute Gasteiger partial charge is 0.0632 e. The second-order valence-electron chi connectivity index (χ2n) is 7.03. The van der Waals surface area contributed by atoms with E-state index in [0.717, 1.165) is 0 Å². The van der Waals surface area contributed by atoms with E-state index in [1.807, 2.05) is 0 Å². The number of aliphatic hydroxyl groups is 7. The molecule has 0 aliphatic carbocycles. The lowest BCUT2D eigenvalue weighted by atomic mass is 9.90. The number of aliphatic hydroxyl groups excluding tert-OH is 7. The number of ether oxygens (including phenoxy) is 3. The number of hydrogen-bond acceptors (Lipinski definition) is 10. The fourth-order valence-corrected chi connectivity index (χ4v) is 2.11. The number of hydrogen-bond donors (Lipinski definition) is 7. The summed E-state index contributed by atoms with van der Waals surface area (Å²) in [6, 6.07) is 0. The van der Waals surface area contributed by atoms with Crippen molar-refractivity contribution in [3.05, 3.63) is 0 Å². The Morgan fingerprint density at radius 3 is 1.00 bits per heavy atom. The van der Waals surface area contributed by atoms with Crippen molar-refractivity contribution in [1.82, 2.24) is 0 Å². The molecule has 0 aromatic rings. The minimum absolute atomic E-state index is 0.0633. The van der Waals surface area contributed by atoms with E-state index < -0.39 is 49.3 Å². The predicted octanol–water partition coefficient (Wildman–Crippen LogP) is -3.43. The Bertz CT molecular complexity index is 332. The Hall–Kier alpha value is -0.400. The molecule has 7 N–H and O–H groups in total. The molecule has 0 aromatic heterocycles. The van der Waals surface area contributed by atoms with Crippen molar-refractivity contribution >= 4 is 0 Å². The van der Waals surface area contributed by atoms with Gasteiger partial charge in [-0.2, -0.15) is 0 Å². The zero-order chi connectivity index (χ0) is 20.1. The summed E-state index contributed by atoms with van der Waals surface area (Å²) in [6.07, 6.45) is 0. The molecular formula is C16H34O10. The molecule has 0 saturated heterocycles. The van der Waals surface area contributed by atoms with Gasteiger partial charge in [0.2, 0.25) is 0 Å². The van der Waals surface area contributed by atoms with Crippen LogP contribution in [0.25, 0.3) is 0 Å². The molecule has 0 fully saturated rings. The summed E-state index contributed by atoms with van der Waals surface area (Å²) in [4.78, 5) is 0.